The summed E-state index contributed by atoms with van der Waals surface area (Å²) in [5.74, 6) is 2.27. The van der Waals surface area contributed by atoms with Crippen LogP contribution < -0.4 is 0 Å². The van der Waals surface area contributed by atoms with Crippen LogP contribution in [0.3, 0.4) is 0 Å². The zero-order valence-electron chi connectivity index (χ0n) is 7.67. The molecular formula is C9H14O5. The molecule has 5 heteroatoms. The van der Waals surface area contributed by atoms with Gasteiger partial charge in [0.05, 0.1) is 12.7 Å². The molecule has 0 amide bonds. The van der Waals surface area contributed by atoms with Gasteiger partial charge in [-0.15, -0.1) is 6.42 Å². The van der Waals surface area contributed by atoms with E-state index in [-0.39, 0.29) is 19.6 Å². The van der Waals surface area contributed by atoms with E-state index in [1.54, 1.807) is 0 Å². The second-order valence-corrected chi connectivity index (χ2v) is 3.10. The average Bonchev–Trinajstić information content (AvgIpc) is 2.19. The van der Waals surface area contributed by atoms with Crippen molar-refractivity contribution in [2.75, 3.05) is 13.2 Å². The van der Waals surface area contributed by atoms with Gasteiger partial charge in [0.2, 0.25) is 0 Å². The molecular weight excluding hydrogens is 188 g/mol. The fraction of sp³-hybridized carbons (Fsp3) is 0.778. The van der Waals surface area contributed by atoms with Crippen LogP contribution in [0.25, 0.3) is 0 Å². The van der Waals surface area contributed by atoms with Crippen LogP contribution >= 0.6 is 0 Å². The van der Waals surface area contributed by atoms with Gasteiger partial charge < -0.3 is 24.8 Å². The third-order valence-electron chi connectivity index (χ3n) is 2.07. The number of hydrogen-bond donors (Lipinski definition) is 3. The number of hydrogen-bond acceptors (Lipinski definition) is 5. The lowest BCUT2D eigenvalue weighted by molar-refractivity contribution is -0.253. The van der Waals surface area contributed by atoms with Crippen LogP contribution in [-0.4, -0.2) is 53.1 Å². The molecule has 0 aromatic rings. The van der Waals surface area contributed by atoms with Gasteiger partial charge in [-0.3, -0.25) is 0 Å². The van der Waals surface area contributed by atoms with Crippen molar-refractivity contribution in [3.63, 3.8) is 0 Å². The normalized spacial score (nSPS) is 37.9. The second-order valence-electron chi connectivity index (χ2n) is 3.10. The molecule has 1 fully saturated rings. The largest absolute Gasteiger partial charge is 0.394 e. The minimum absolute atomic E-state index is 0.0750. The van der Waals surface area contributed by atoms with Gasteiger partial charge in [-0.25, -0.2) is 0 Å². The van der Waals surface area contributed by atoms with Crippen LogP contribution in [0.5, 0.6) is 0 Å². The van der Waals surface area contributed by atoms with E-state index in [9.17, 15) is 10.2 Å². The van der Waals surface area contributed by atoms with E-state index in [0.29, 0.717) is 0 Å². The minimum atomic E-state index is -1.08. The molecule has 0 bridgehead atoms. The van der Waals surface area contributed by atoms with Crippen LogP contribution in [0, 0.1) is 12.3 Å². The smallest absolute Gasteiger partial charge is 0.162 e. The first-order valence-electron chi connectivity index (χ1n) is 4.36. The molecule has 0 radical (unpaired) electrons. The van der Waals surface area contributed by atoms with Crippen LogP contribution in [0.1, 0.15) is 6.42 Å². The highest BCUT2D eigenvalue weighted by molar-refractivity contribution is 4.85. The van der Waals surface area contributed by atoms with E-state index >= 15 is 0 Å². The van der Waals surface area contributed by atoms with Gasteiger partial charge in [-0.1, -0.05) is 5.92 Å². The fourth-order valence-electron chi connectivity index (χ4n) is 1.31. The first-order valence-corrected chi connectivity index (χ1v) is 4.36. The molecule has 5 nitrogen and oxygen atoms in total. The zero-order chi connectivity index (χ0) is 10.6. The molecule has 1 heterocycles. The Kier molecular flexibility index (Phi) is 4.32. The molecule has 3 N–H and O–H groups in total. The van der Waals surface area contributed by atoms with Crippen molar-refractivity contribution in [2.24, 2.45) is 0 Å². The first kappa shape index (κ1) is 11.4. The predicted octanol–water partition coefficient (Wildman–Crippen LogP) is -1.53. The van der Waals surface area contributed by atoms with Gasteiger partial charge in [-0.2, -0.15) is 0 Å². The molecule has 4 atom stereocenters. The van der Waals surface area contributed by atoms with Crippen molar-refractivity contribution in [3.05, 3.63) is 0 Å². The Balaban J connectivity index is 2.46. The number of terminal acetylenes is 1. The highest BCUT2D eigenvalue weighted by Crippen LogP contribution is 2.20. The van der Waals surface area contributed by atoms with Crippen LogP contribution in [0.4, 0.5) is 0 Å². The number of aliphatic hydroxyl groups excluding tert-OH is 3. The monoisotopic (exact) mass is 202 g/mol. The average molecular weight is 202 g/mol. The Morgan fingerprint density at radius 3 is 2.79 bits per heavy atom. The molecule has 80 valence electrons. The number of ether oxygens (including phenoxy) is 2. The van der Waals surface area contributed by atoms with Crippen molar-refractivity contribution in [3.8, 4) is 12.3 Å². The third-order valence-corrected chi connectivity index (χ3v) is 2.07. The van der Waals surface area contributed by atoms with Crippen molar-refractivity contribution >= 4 is 0 Å². The summed E-state index contributed by atoms with van der Waals surface area (Å²) in [5, 5.41) is 27.6. The second kappa shape index (κ2) is 5.29. The summed E-state index contributed by atoms with van der Waals surface area (Å²) in [5.41, 5.74) is 0. The molecule has 14 heavy (non-hydrogen) atoms. The minimum Gasteiger partial charge on any atom is -0.394 e. The highest BCUT2D eigenvalue weighted by atomic mass is 16.7. The molecule has 0 unspecified atom stereocenters. The molecule has 1 rings (SSSR count). The fourth-order valence-corrected chi connectivity index (χ4v) is 1.31. The summed E-state index contributed by atoms with van der Waals surface area (Å²) in [6, 6.07) is 0. The van der Waals surface area contributed by atoms with Crippen molar-refractivity contribution in [1.82, 2.24) is 0 Å². The van der Waals surface area contributed by atoms with Gasteiger partial charge in [0, 0.05) is 6.42 Å². The molecule has 1 aliphatic heterocycles. The summed E-state index contributed by atoms with van der Waals surface area (Å²) < 4.78 is 10.2. The SMILES string of the molecule is C#CCO[C@@H]1C[C@@H](O)[C@H](O)[C@@H](CO)O1. The lowest BCUT2D eigenvalue weighted by Gasteiger charge is -2.35. The molecule has 0 saturated carbocycles. The van der Waals surface area contributed by atoms with E-state index in [1.807, 2.05) is 0 Å². The topological polar surface area (TPSA) is 79.2 Å². The maximum atomic E-state index is 9.38. The maximum Gasteiger partial charge on any atom is 0.162 e. The predicted molar refractivity (Wildman–Crippen MR) is 47.2 cm³/mol. The van der Waals surface area contributed by atoms with Crippen LogP contribution in [0.2, 0.25) is 0 Å². The van der Waals surface area contributed by atoms with E-state index in [0.717, 1.165) is 0 Å². The Hall–Kier alpha value is -0.640. The van der Waals surface area contributed by atoms with E-state index in [1.165, 1.54) is 0 Å². The number of aliphatic hydroxyl groups is 3. The van der Waals surface area contributed by atoms with Gasteiger partial charge in [0.25, 0.3) is 0 Å². The van der Waals surface area contributed by atoms with Gasteiger partial charge in [-0.05, 0) is 0 Å². The highest BCUT2D eigenvalue weighted by Gasteiger charge is 2.36. The van der Waals surface area contributed by atoms with Crippen LogP contribution in [0.15, 0.2) is 0 Å². The Labute approximate surface area is 82.3 Å². The zero-order valence-corrected chi connectivity index (χ0v) is 7.67. The third kappa shape index (κ3) is 2.67. The Morgan fingerprint density at radius 2 is 2.21 bits per heavy atom. The summed E-state index contributed by atoms with van der Waals surface area (Å²) in [7, 11) is 0. The molecule has 1 saturated heterocycles. The summed E-state index contributed by atoms with van der Waals surface area (Å²) in [6.45, 7) is -0.292. The summed E-state index contributed by atoms with van der Waals surface area (Å²) >= 11 is 0. The van der Waals surface area contributed by atoms with Crippen molar-refractivity contribution in [2.45, 2.75) is 31.0 Å². The van der Waals surface area contributed by atoms with Crippen LogP contribution in [-0.2, 0) is 9.47 Å². The van der Waals surface area contributed by atoms with E-state index in [4.69, 9.17) is 21.0 Å². The summed E-state index contributed by atoms with van der Waals surface area (Å²) in [4.78, 5) is 0. The lowest BCUT2D eigenvalue weighted by atomic mass is 10.0. The van der Waals surface area contributed by atoms with Gasteiger partial charge in [0.15, 0.2) is 6.29 Å². The van der Waals surface area contributed by atoms with Gasteiger partial charge in [0.1, 0.15) is 18.8 Å². The molecule has 0 aliphatic carbocycles. The maximum absolute atomic E-state index is 9.38. The van der Waals surface area contributed by atoms with E-state index in [2.05, 4.69) is 5.92 Å². The molecule has 0 aromatic heterocycles. The molecule has 1 aliphatic rings. The summed E-state index contributed by atoms with van der Waals surface area (Å²) in [6.07, 6.45) is 1.62. The first-order chi connectivity index (χ1) is 6.69. The van der Waals surface area contributed by atoms with E-state index < -0.39 is 24.6 Å². The molecule has 0 spiro atoms. The molecule has 0 aromatic carbocycles. The Bertz CT molecular complexity index is 212. The number of rotatable bonds is 3. The lowest BCUT2D eigenvalue weighted by Crippen LogP contribution is -2.50. The van der Waals surface area contributed by atoms with Crippen molar-refractivity contribution < 1.29 is 24.8 Å². The quantitative estimate of drug-likeness (QED) is 0.484. The Morgan fingerprint density at radius 1 is 1.50 bits per heavy atom. The van der Waals surface area contributed by atoms with Crippen molar-refractivity contribution in [1.29, 1.82) is 0 Å². The van der Waals surface area contributed by atoms with Gasteiger partial charge >= 0.3 is 0 Å². The standard InChI is InChI=1S/C9H14O5/c1-2-3-13-8-4-6(11)9(12)7(5-10)14-8/h1,6-12H,3-5H2/t6-,7-,8+,9+/m1/s1.